The van der Waals surface area contributed by atoms with Crippen molar-refractivity contribution < 1.29 is 14.7 Å². The molecule has 2 atom stereocenters. The summed E-state index contributed by atoms with van der Waals surface area (Å²) in [6, 6.07) is 7.72. The Labute approximate surface area is 161 Å². The van der Waals surface area contributed by atoms with Gasteiger partial charge in [-0.1, -0.05) is 24.3 Å². The molecule has 3 heterocycles. The summed E-state index contributed by atoms with van der Waals surface area (Å²) in [5.41, 5.74) is 1.79. The highest BCUT2D eigenvalue weighted by atomic mass is 16.4. The van der Waals surface area contributed by atoms with Crippen molar-refractivity contribution in [1.82, 2.24) is 24.9 Å². The topological polar surface area (TPSA) is 101 Å². The lowest BCUT2D eigenvalue weighted by atomic mass is 9.87. The largest absolute Gasteiger partial charge is 0.481 e. The van der Waals surface area contributed by atoms with Crippen LogP contribution in [0.4, 0.5) is 0 Å². The highest BCUT2D eigenvalue weighted by Gasteiger charge is 2.34. The number of aromatic nitrogens is 4. The van der Waals surface area contributed by atoms with Crippen LogP contribution >= 0.6 is 0 Å². The van der Waals surface area contributed by atoms with Crippen LogP contribution in [0.5, 0.6) is 0 Å². The van der Waals surface area contributed by atoms with Crippen molar-refractivity contribution in [2.45, 2.75) is 20.3 Å². The monoisotopic (exact) mass is 379 g/mol. The highest BCUT2D eigenvalue weighted by Crippen LogP contribution is 2.26. The summed E-state index contributed by atoms with van der Waals surface area (Å²) in [5, 5.41) is 19.6. The van der Waals surface area contributed by atoms with Crippen molar-refractivity contribution in [3.8, 4) is 5.69 Å². The third-order valence-corrected chi connectivity index (χ3v) is 5.49. The molecule has 1 N–H and O–H groups in total. The molecule has 1 fully saturated rings. The maximum Gasteiger partial charge on any atom is 0.306 e. The number of carbonyl (C=O) groups is 2. The summed E-state index contributed by atoms with van der Waals surface area (Å²) in [6.07, 6.45) is 3.95. The van der Waals surface area contributed by atoms with Gasteiger partial charge < -0.3 is 10.0 Å². The molecule has 28 heavy (non-hydrogen) atoms. The second-order valence-electron chi connectivity index (χ2n) is 7.27. The Hall–Kier alpha value is -3.29. The van der Waals surface area contributed by atoms with Crippen LogP contribution in [0, 0.1) is 18.8 Å². The van der Waals surface area contributed by atoms with E-state index in [1.165, 1.54) is 0 Å². The number of rotatable bonds is 3. The fourth-order valence-electron chi connectivity index (χ4n) is 3.89. The fraction of sp³-hybridized carbons (Fsp3) is 0.350. The van der Waals surface area contributed by atoms with Gasteiger partial charge in [0.1, 0.15) is 0 Å². The maximum absolute atomic E-state index is 13.0. The van der Waals surface area contributed by atoms with Gasteiger partial charge in [-0.05, 0) is 31.4 Å². The number of pyridine rings is 1. The van der Waals surface area contributed by atoms with E-state index in [4.69, 9.17) is 0 Å². The maximum atomic E-state index is 13.0. The van der Waals surface area contributed by atoms with E-state index in [-0.39, 0.29) is 11.8 Å². The predicted octanol–water partition coefficient (Wildman–Crippen LogP) is 2.31. The molecule has 4 rings (SSSR count). The molecule has 0 saturated carbocycles. The predicted molar refractivity (Wildman–Crippen MR) is 102 cm³/mol. The van der Waals surface area contributed by atoms with Crippen molar-refractivity contribution in [3.63, 3.8) is 0 Å². The molecule has 0 radical (unpaired) electrons. The van der Waals surface area contributed by atoms with E-state index in [1.807, 2.05) is 38.1 Å². The first-order valence-corrected chi connectivity index (χ1v) is 9.25. The van der Waals surface area contributed by atoms with Gasteiger partial charge in [0.05, 0.1) is 17.3 Å². The van der Waals surface area contributed by atoms with Crippen molar-refractivity contribution >= 4 is 22.6 Å². The van der Waals surface area contributed by atoms with Gasteiger partial charge >= 0.3 is 5.97 Å². The van der Waals surface area contributed by atoms with E-state index in [2.05, 4.69) is 15.3 Å². The van der Waals surface area contributed by atoms with Crippen molar-refractivity contribution in [1.29, 1.82) is 0 Å². The Balaban J connectivity index is 1.64. The third-order valence-electron chi connectivity index (χ3n) is 5.49. The van der Waals surface area contributed by atoms with Gasteiger partial charge in [-0.2, -0.15) is 0 Å². The number of piperidine rings is 1. The molecule has 1 saturated heterocycles. The van der Waals surface area contributed by atoms with Gasteiger partial charge in [-0.15, -0.1) is 5.10 Å². The minimum Gasteiger partial charge on any atom is -0.481 e. The standard InChI is InChI=1S/C20H21N5O3/c1-12-11-24(9-7-15(12)20(27)28)19(26)18-13(2)25(23-22-18)17-5-3-4-14-10-21-8-6-16(14)17/h3-6,8,10,12,15H,7,9,11H2,1-2H3,(H,27,28). The average Bonchev–Trinajstić information content (AvgIpc) is 3.07. The van der Waals surface area contributed by atoms with E-state index in [1.54, 1.807) is 22.0 Å². The molecule has 8 nitrogen and oxygen atoms in total. The van der Waals surface area contributed by atoms with E-state index in [9.17, 15) is 14.7 Å². The molecule has 1 aromatic carbocycles. The molecule has 0 aliphatic carbocycles. The number of fused-ring (bicyclic) bond motifs is 1. The molecular formula is C20H21N5O3. The third kappa shape index (κ3) is 3.00. The van der Waals surface area contributed by atoms with Crippen LogP contribution in [-0.4, -0.2) is 55.0 Å². The zero-order chi connectivity index (χ0) is 19.8. The number of carbonyl (C=O) groups excluding carboxylic acids is 1. The number of carboxylic acids is 1. The zero-order valence-corrected chi connectivity index (χ0v) is 15.7. The average molecular weight is 379 g/mol. The molecule has 8 heteroatoms. The minimum atomic E-state index is -0.799. The molecule has 1 amide bonds. The number of carboxylic acid groups (broad SMARTS) is 1. The Morgan fingerprint density at radius 1 is 1.25 bits per heavy atom. The lowest BCUT2D eigenvalue weighted by Crippen LogP contribution is -2.45. The summed E-state index contributed by atoms with van der Waals surface area (Å²) in [7, 11) is 0. The van der Waals surface area contributed by atoms with Crippen molar-refractivity contribution in [2.24, 2.45) is 11.8 Å². The number of likely N-dealkylation sites (tertiary alicyclic amines) is 1. The number of benzene rings is 1. The SMILES string of the molecule is Cc1c(C(=O)N2CCC(C(=O)O)C(C)C2)nnn1-c1cccc2cnccc12. The summed E-state index contributed by atoms with van der Waals surface area (Å²) in [5.74, 6) is -1.52. The molecule has 0 spiro atoms. The van der Waals surface area contributed by atoms with Gasteiger partial charge in [-0.25, -0.2) is 4.68 Å². The van der Waals surface area contributed by atoms with Crippen LogP contribution in [0.15, 0.2) is 36.7 Å². The number of amides is 1. The highest BCUT2D eigenvalue weighted by molar-refractivity contribution is 5.94. The second kappa shape index (κ2) is 7.03. The van der Waals surface area contributed by atoms with Crippen LogP contribution in [0.1, 0.15) is 29.5 Å². The molecule has 144 valence electrons. The van der Waals surface area contributed by atoms with Crippen molar-refractivity contribution in [2.75, 3.05) is 13.1 Å². The van der Waals surface area contributed by atoms with Crippen LogP contribution in [0.3, 0.4) is 0 Å². The number of hydrogen-bond donors (Lipinski definition) is 1. The summed E-state index contributed by atoms with van der Waals surface area (Å²) in [4.78, 5) is 30.1. The molecular weight excluding hydrogens is 358 g/mol. The second-order valence-corrected chi connectivity index (χ2v) is 7.27. The molecule has 0 bridgehead atoms. The Morgan fingerprint density at radius 2 is 2.07 bits per heavy atom. The van der Waals surface area contributed by atoms with Gasteiger partial charge in [0.15, 0.2) is 5.69 Å². The first-order chi connectivity index (χ1) is 13.5. The molecule has 2 unspecified atom stereocenters. The lowest BCUT2D eigenvalue weighted by Gasteiger charge is -2.34. The van der Waals surface area contributed by atoms with Crippen molar-refractivity contribution in [3.05, 3.63) is 48.0 Å². The lowest BCUT2D eigenvalue weighted by molar-refractivity contribution is -0.145. The molecule has 2 aromatic heterocycles. The van der Waals surface area contributed by atoms with Crippen LogP contribution in [0.2, 0.25) is 0 Å². The molecule has 1 aliphatic rings. The Kier molecular flexibility index (Phi) is 4.54. The van der Waals surface area contributed by atoms with Gasteiger partial charge in [0.2, 0.25) is 0 Å². The summed E-state index contributed by atoms with van der Waals surface area (Å²) >= 11 is 0. The first-order valence-electron chi connectivity index (χ1n) is 9.25. The number of hydrogen-bond acceptors (Lipinski definition) is 5. The van der Waals surface area contributed by atoms with Gasteiger partial charge in [0, 0.05) is 36.3 Å². The van der Waals surface area contributed by atoms with Crippen LogP contribution in [-0.2, 0) is 4.79 Å². The van der Waals surface area contributed by atoms with Gasteiger partial charge in [0.25, 0.3) is 5.91 Å². The molecule has 1 aliphatic heterocycles. The van der Waals surface area contributed by atoms with E-state index >= 15 is 0 Å². The quantitative estimate of drug-likeness (QED) is 0.749. The zero-order valence-electron chi connectivity index (χ0n) is 15.7. The number of nitrogens with zero attached hydrogens (tertiary/aromatic N) is 5. The van der Waals surface area contributed by atoms with Crippen LogP contribution in [0.25, 0.3) is 16.5 Å². The summed E-state index contributed by atoms with van der Waals surface area (Å²) in [6.45, 7) is 4.50. The number of aliphatic carboxylic acids is 1. The fourth-order valence-corrected chi connectivity index (χ4v) is 3.89. The normalized spacial score (nSPS) is 19.7. The first kappa shape index (κ1) is 18.1. The molecule has 3 aromatic rings. The van der Waals surface area contributed by atoms with Gasteiger partial charge in [-0.3, -0.25) is 14.6 Å². The van der Waals surface area contributed by atoms with E-state index in [0.29, 0.717) is 30.9 Å². The smallest absolute Gasteiger partial charge is 0.306 e. The Morgan fingerprint density at radius 3 is 2.82 bits per heavy atom. The van der Waals surface area contributed by atoms with Crippen LogP contribution < -0.4 is 0 Å². The Bertz CT molecular complexity index is 1060. The van der Waals surface area contributed by atoms with E-state index in [0.717, 1.165) is 16.5 Å². The summed E-state index contributed by atoms with van der Waals surface area (Å²) < 4.78 is 1.67. The minimum absolute atomic E-state index is 0.101. The van der Waals surface area contributed by atoms with E-state index < -0.39 is 11.9 Å².